The molecule has 7 nitrogen and oxygen atoms in total. The van der Waals surface area contributed by atoms with Gasteiger partial charge >= 0.3 is 11.6 Å². The Balaban J connectivity index is 1.75. The molecule has 0 saturated heterocycles. The van der Waals surface area contributed by atoms with Gasteiger partial charge in [0.05, 0.1) is 0 Å². The fourth-order valence-corrected chi connectivity index (χ4v) is 4.28. The maximum absolute atomic E-state index is 13.7. The van der Waals surface area contributed by atoms with E-state index >= 15 is 0 Å². The molecule has 0 aliphatic rings. The first kappa shape index (κ1) is 22.6. The Morgan fingerprint density at radius 1 is 1.19 bits per heavy atom. The van der Waals surface area contributed by atoms with E-state index in [0.717, 1.165) is 23.3 Å². The molecule has 164 valence electrons. The van der Waals surface area contributed by atoms with Crippen molar-refractivity contribution in [3.63, 3.8) is 0 Å². The summed E-state index contributed by atoms with van der Waals surface area (Å²) in [6, 6.07) is 9.71. The number of aryl methyl sites for hydroxylation is 1. The topological polar surface area (TPSA) is 103 Å². The number of fused-ring (bicyclic) bond motifs is 1. The lowest BCUT2D eigenvalue weighted by Crippen LogP contribution is -2.31. The number of rotatable bonds is 7. The number of carbonyl (C=O) groups is 1. The highest BCUT2D eigenvalue weighted by Gasteiger charge is 2.20. The zero-order chi connectivity index (χ0) is 22.8. The van der Waals surface area contributed by atoms with Gasteiger partial charge in [0.1, 0.15) is 29.4 Å². The lowest BCUT2D eigenvalue weighted by atomic mass is 9.95. The Hall–Kier alpha value is -3.04. The molecule has 1 heterocycles. The highest BCUT2D eigenvalue weighted by molar-refractivity contribution is 7.89. The molecule has 0 aliphatic heterocycles. The van der Waals surface area contributed by atoms with Gasteiger partial charge in [-0.2, -0.15) is 4.72 Å². The molecule has 0 radical (unpaired) electrons. The van der Waals surface area contributed by atoms with Crippen molar-refractivity contribution in [2.45, 2.75) is 38.2 Å². The monoisotopic (exact) mass is 447 g/mol. The van der Waals surface area contributed by atoms with Crippen LogP contribution >= 0.6 is 0 Å². The van der Waals surface area contributed by atoms with E-state index in [1.54, 1.807) is 6.07 Å². The molecule has 0 unspecified atom stereocenters. The minimum atomic E-state index is -4.22. The lowest BCUT2D eigenvalue weighted by Gasteiger charge is -2.13. The third-order valence-electron chi connectivity index (χ3n) is 4.76. The quantitative estimate of drug-likeness (QED) is 0.440. The third kappa shape index (κ3) is 5.18. The fraction of sp³-hybridized carbons (Fsp3) is 0.273. The largest absolute Gasteiger partial charge is 0.460 e. The summed E-state index contributed by atoms with van der Waals surface area (Å²) >= 11 is 0. The molecule has 2 aromatic carbocycles. The second kappa shape index (κ2) is 8.99. The number of nitrogens with one attached hydrogen (secondary N) is 1. The SMILES string of the molecule is Cc1cc2oc(=O)cc(COC(=O)CNS(=O)(=O)c3ccccc3F)c2cc1C(C)C. The average molecular weight is 447 g/mol. The van der Waals surface area contributed by atoms with Crippen molar-refractivity contribution < 1.29 is 26.8 Å². The van der Waals surface area contributed by atoms with E-state index in [-0.39, 0.29) is 12.5 Å². The van der Waals surface area contributed by atoms with Crippen LogP contribution in [0.25, 0.3) is 11.0 Å². The predicted octanol–water partition coefficient (Wildman–Crippen LogP) is 3.39. The molecule has 0 saturated carbocycles. The fourth-order valence-electron chi connectivity index (χ4n) is 3.24. The van der Waals surface area contributed by atoms with Crippen molar-refractivity contribution >= 4 is 27.0 Å². The summed E-state index contributed by atoms with van der Waals surface area (Å²) in [5, 5.41) is 0.633. The standard InChI is InChI=1S/C22H22FNO6S/c1-13(2)16-10-17-15(9-21(25)30-19(17)8-14(16)3)12-29-22(26)11-24-31(27,28)20-7-5-4-6-18(20)23/h4-10,13,24H,11-12H2,1-3H3. The van der Waals surface area contributed by atoms with Gasteiger partial charge in [-0.25, -0.2) is 17.6 Å². The normalized spacial score (nSPS) is 11.8. The van der Waals surface area contributed by atoms with Crippen LogP contribution in [0.5, 0.6) is 0 Å². The molecule has 1 aromatic heterocycles. The smallest absolute Gasteiger partial charge is 0.336 e. The molecule has 3 rings (SSSR count). The van der Waals surface area contributed by atoms with Gasteiger partial charge in [-0.05, 0) is 48.2 Å². The van der Waals surface area contributed by atoms with Gasteiger partial charge in [-0.15, -0.1) is 0 Å². The van der Waals surface area contributed by atoms with E-state index in [9.17, 15) is 22.4 Å². The van der Waals surface area contributed by atoms with Crippen molar-refractivity contribution in [1.82, 2.24) is 4.72 Å². The van der Waals surface area contributed by atoms with Crippen molar-refractivity contribution in [3.05, 3.63) is 75.4 Å². The molecule has 3 aromatic rings. The van der Waals surface area contributed by atoms with Crippen LogP contribution < -0.4 is 10.3 Å². The van der Waals surface area contributed by atoms with Crippen LogP contribution in [0.15, 0.2) is 56.6 Å². The molecule has 31 heavy (non-hydrogen) atoms. The number of hydrogen-bond donors (Lipinski definition) is 1. The Labute approximate surface area is 178 Å². The van der Waals surface area contributed by atoms with E-state index in [4.69, 9.17) is 9.15 Å². The van der Waals surface area contributed by atoms with Gasteiger partial charge in [0.2, 0.25) is 10.0 Å². The minimum Gasteiger partial charge on any atom is -0.460 e. The van der Waals surface area contributed by atoms with E-state index < -0.39 is 38.9 Å². The van der Waals surface area contributed by atoms with Gasteiger partial charge in [0.25, 0.3) is 0 Å². The van der Waals surface area contributed by atoms with Crippen LogP contribution in [-0.2, 0) is 26.2 Å². The van der Waals surface area contributed by atoms with E-state index in [0.29, 0.717) is 16.5 Å². The number of sulfonamides is 1. The van der Waals surface area contributed by atoms with Crippen LogP contribution in [-0.4, -0.2) is 20.9 Å². The first-order valence-corrected chi connectivity index (χ1v) is 11.0. The molecule has 0 atom stereocenters. The predicted molar refractivity (Wildman–Crippen MR) is 113 cm³/mol. The third-order valence-corrected chi connectivity index (χ3v) is 6.19. The van der Waals surface area contributed by atoms with Gasteiger partial charge in [0, 0.05) is 17.0 Å². The molecule has 1 N–H and O–H groups in total. The number of benzene rings is 2. The Morgan fingerprint density at radius 3 is 2.58 bits per heavy atom. The van der Waals surface area contributed by atoms with Crippen LogP contribution in [0.1, 0.15) is 36.5 Å². The maximum Gasteiger partial charge on any atom is 0.336 e. The molecule has 0 aliphatic carbocycles. The second-order valence-electron chi connectivity index (χ2n) is 7.37. The first-order valence-electron chi connectivity index (χ1n) is 9.55. The zero-order valence-corrected chi connectivity index (χ0v) is 18.1. The van der Waals surface area contributed by atoms with Gasteiger partial charge in [0.15, 0.2) is 0 Å². The molecule has 0 bridgehead atoms. The number of carbonyl (C=O) groups excluding carboxylic acids is 1. The van der Waals surface area contributed by atoms with Crippen LogP contribution in [0.3, 0.4) is 0 Å². The molecular formula is C22H22FNO6S. The van der Waals surface area contributed by atoms with Gasteiger partial charge < -0.3 is 9.15 Å². The summed E-state index contributed by atoms with van der Waals surface area (Å²) in [5.41, 5.74) is 2.27. The molecule has 9 heteroatoms. The minimum absolute atomic E-state index is 0.236. The first-order chi connectivity index (χ1) is 14.6. The van der Waals surface area contributed by atoms with Crippen molar-refractivity contribution in [2.75, 3.05) is 6.54 Å². The second-order valence-corrected chi connectivity index (χ2v) is 9.10. The highest BCUT2D eigenvalue weighted by Crippen LogP contribution is 2.27. The summed E-state index contributed by atoms with van der Waals surface area (Å²) in [4.78, 5) is 23.4. The Morgan fingerprint density at radius 2 is 1.90 bits per heavy atom. The van der Waals surface area contributed by atoms with Crippen molar-refractivity contribution in [3.8, 4) is 0 Å². The number of halogens is 1. The maximum atomic E-state index is 13.7. The highest BCUT2D eigenvalue weighted by atomic mass is 32.2. The van der Waals surface area contributed by atoms with Crippen LogP contribution in [0.4, 0.5) is 4.39 Å². The Bertz CT molecular complexity index is 1300. The average Bonchev–Trinajstić information content (AvgIpc) is 2.69. The van der Waals surface area contributed by atoms with Crippen LogP contribution in [0.2, 0.25) is 0 Å². The van der Waals surface area contributed by atoms with E-state index in [1.807, 2.05) is 31.6 Å². The van der Waals surface area contributed by atoms with Crippen molar-refractivity contribution in [2.24, 2.45) is 0 Å². The molecule has 0 fully saturated rings. The van der Waals surface area contributed by atoms with E-state index in [2.05, 4.69) is 0 Å². The summed E-state index contributed by atoms with van der Waals surface area (Å²) in [6.07, 6.45) is 0. The molecular weight excluding hydrogens is 425 g/mol. The van der Waals surface area contributed by atoms with Crippen LogP contribution in [0, 0.1) is 12.7 Å². The number of ether oxygens (including phenoxy) is 1. The molecule has 0 amide bonds. The van der Waals surface area contributed by atoms with Crippen molar-refractivity contribution in [1.29, 1.82) is 0 Å². The number of hydrogen-bond acceptors (Lipinski definition) is 6. The van der Waals surface area contributed by atoms with Gasteiger partial charge in [-0.1, -0.05) is 26.0 Å². The lowest BCUT2D eigenvalue weighted by molar-refractivity contribution is -0.143. The van der Waals surface area contributed by atoms with Gasteiger partial charge in [-0.3, -0.25) is 4.79 Å². The Kier molecular flexibility index (Phi) is 6.56. The van der Waals surface area contributed by atoms with E-state index in [1.165, 1.54) is 18.2 Å². The summed E-state index contributed by atoms with van der Waals surface area (Å²) < 4.78 is 50.5. The summed E-state index contributed by atoms with van der Waals surface area (Å²) in [7, 11) is -4.22. The number of esters is 1. The zero-order valence-electron chi connectivity index (χ0n) is 17.3. The molecule has 0 spiro atoms. The summed E-state index contributed by atoms with van der Waals surface area (Å²) in [6.45, 7) is 5.06. The summed E-state index contributed by atoms with van der Waals surface area (Å²) in [5.74, 6) is -1.57.